The zero-order valence-corrected chi connectivity index (χ0v) is 15.0. The predicted molar refractivity (Wildman–Crippen MR) is 98.4 cm³/mol. The number of ether oxygens (including phenoxy) is 1. The Labute approximate surface area is 148 Å². The highest BCUT2D eigenvalue weighted by molar-refractivity contribution is 5.97. The molecule has 1 atom stereocenters. The van der Waals surface area contributed by atoms with Gasteiger partial charge in [0.25, 0.3) is 5.91 Å². The molecule has 0 aromatic heterocycles. The largest absolute Gasteiger partial charge is 0.444 e. The molecule has 0 aliphatic rings. The first kappa shape index (κ1) is 18.5. The molecule has 25 heavy (non-hydrogen) atoms. The zero-order valence-electron chi connectivity index (χ0n) is 15.0. The van der Waals surface area contributed by atoms with Crippen molar-refractivity contribution in [1.29, 1.82) is 0 Å². The number of amides is 2. The highest BCUT2D eigenvalue weighted by Crippen LogP contribution is 2.18. The smallest absolute Gasteiger partial charge is 0.408 e. The second-order valence-corrected chi connectivity index (χ2v) is 6.85. The van der Waals surface area contributed by atoms with Crippen LogP contribution in [0.25, 0.3) is 0 Å². The summed E-state index contributed by atoms with van der Waals surface area (Å²) in [6.07, 6.45) is -0.639. The summed E-state index contributed by atoms with van der Waals surface area (Å²) in [7, 11) is 0. The van der Waals surface area contributed by atoms with Crippen LogP contribution in [0.2, 0.25) is 0 Å². The first-order valence-corrected chi connectivity index (χ1v) is 8.16. The molecule has 0 saturated heterocycles. The molecule has 0 heterocycles. The molecular weight excluding hydrogens is 316 g/mol. The minimum absolute atomic E-state index is 0.332. The normalized spacial score (nSPS) is 12.2. The maximum atomic E-state index is 12.7. The average Bonchev–Trinajstić information content (AvgIpc) is 2.54. The van der Waals surface area contributed by atoms with Crippen molar-refractivity contribution in [2.75, 3.05) is 5.32 Å². The first-order valence-electron chi connectivity index (χ1n) is 8.16. The number of benzene rings is 2. The SMILES string of the molecule is Cc1ccc(NC(=O)C(NC(=O)OC(C)(C)C)c2ccccc2)cc1. The highest BCUT2D eigenvalue weighted by Gasteiger charge is 2.25. The first-order chi connectivity index (χ1) is 11.7. The quantitative estimate of drug-likeness (QED) is 0.876. The van der Waals surface area contributed by atoms with E-state index in [0.29, 0.717) is 11.3 Å². The minimum Gasteiger partial charge on any atom is -0.444 e. The van der Waals surface area contributed by atoms with E-state index < -0.39 is 17.7 Å². The lowest BCUT2D eigenvalue weighted by molar-refractivity contribution is -0.118. The van der Waals surface area contributed by atoms with Crippen LogP contribution >= 0.6 is 0 Å². The molecule has 5 heteroatoms. The molecule has 1 unspecified atom stereocenters. The Morgan fingerprint density at radius 3 is 2.12 bits per heavy atom. The molecule has 2 rings (SSSR count). The van der Waals surface area contributed by atoms with E-state index in [2.05, 4.69) is 10.6 Å². The molecule has 2 aromatic carbocycles. The van der Waals surface area contributed by atoms with Crippen LogP contribution in [0, 0.1) is 6.92 Å². The summed E-state index contributed by atoms with van der Waals surface area (Å²) >= 11 is 0. The Bertz CT molecular complexity index is 719. The molecule has 0 radical (unpaired) electrons. The van der Waals surface area contributed by atoms with Crippen LogP contribution in [0.5, 0.6) is 0 Å². The van der Waals surface area contributed by atoms with E-state index in [1.165, 1.54) is 0 Å². The summed E-state index contributed by atoms with van der Waals surface area (Å²) in [5, 5.41) is 5.47. The van der Waals surface area contributed by atoms with Crippen molar-refractivity contribution in [3.63, 3.8) is 0 Å². The third-order valence-corrected chi connectivity index (χ3v) is 3.38. The molecule has 2 aromatic rings. The van der Waals surface area contributed by atoms with Crippen molar-refractivity contribution in [2.24, 2.45) is 0 Å². The van der Waals surface area contributed by atoms with Crippen LogP contribution in [-0.4, -0.2) is 17.6 Å². The molecule has 0 aliphatic carbocycles. The second-order valence-electron chi connectivity index (χ2n) is 6.85. The number of aryl methyl sites for hydroxylation is 1. The average molecular weight is 340 g/mol. The lowest BCUT2D eigenvalue weighted by Crippen LogP contribution is -2.40. The van der Waals surface area contributed by atoms with Gasteiger partial charge in [0.05, 0.1) is 0 Å². The van der Waals surface area contributed by atoms with Crippen molar-refractivity contribution < 1.29 is 14.3 Å². The minimum atomic E-state index is -0.850. The number of carbonyl (C=O) groups is 2. The number of carbonyl (C=O) groups excluding carboxylic acids is 2. The molecule has 5 nitrogen and oxygen atoms in total. The Morgan fingerprint density at radius 1 is 0.960 bits per heavy atom. The summed E-state index contributed by atoms with van der Waals surface area (Å²) < 4.78 is 5.28. The van der Waals surface area contributed by atoms with Gasteiger partial charge in [0.1, 0.15) is 11.6 Å². The van der Waals surface area contributed by atoms with Crippen molar-refractivity contribution in [3.05, 3.63) is 65.7 Å². The molecule has 0 fully saturated rings. The number of alkyl carbamates (subject to hydrolysis) is 1. The standard InChI is InChI=1S/C20H24N2O3/c1-14-10-12-16(13-11-14)21-18(23)17(15-8-6-5-7-9-15)22-19(24)25-20(2,3)4/h5-13,17H,1-4H3,(H,21,23)(H,22,24). The van der Waals surface area contributed by atoms with Gasteiger partial charge >= 0.3 is 6.09 Å². The molecule has 0 spiro atoms. The van der Waals surface area contributed by atoms with Crippen LogP contribution in [0.15, 0.2) is 54.6 Å². The van der Waals surface area contributed by atoms with Gasteiger partial charge in [-0.25, -0.2) is 4.79 Å². The van der Waals surface area contributed by atoms with Gasteiger partial charge < -0.3 is 15.4 Å². The van der Waals surface area contributed by atoms with Crippen LogP contribution in [0.3, 0.4) is 0 Å². The van der Waals surface area contributed by atoms with Gasteiger partial charge in [0, 0.05) is 5.69 Å². The maximum absolute atomic E-state index is 12.7. The number of nitrogens with one attached hydrogen (secondary N) is 2. The Kier molecular flexibility index (Phi) is 5.80. The van der Waals surface area contributed by atoms with Crippen molar-refractivity contribution in [1.82, 2.24) is 5.32 Å². The van der Waals surface area contributed by atoms with Gasteiger partial charge in [0.15, 0.2) is 0 Å². The number of anilines is 1. The summed E-state index contributed by atoms with van der Waals surface area (Å²) in [5.41, 5.74) is 1.81. The Balaban J connectivity index is 2.17. The van der Waals surface area contributed by atoms with Gasteiger partial charge in [-0.15, -0.1) is 0 Å². The van der Waals surface area contributed by atoms with E-state index in [1.807, 2.05) is 49.4 Å². The van der Waals surface area contributed by atoms with Crippen molar-refractivity contribution in [3.8, 4) is 0 Å². The highest BCUT2D eigenvalue weighted by atomic mass is 16.6. The molecule has 0 bridgehead atoms. The van der Waals surface area contributed by atoms with Crippen molar-refractivity contribution in [2.45, 2.75) is 39.3 Å². The van der Waals surface area contributed by atoms with E-state index in [0.717, 1.165) is 5.56 Å². The third-order valence-electron chi connectivity index (χ3n) is 3.38. The van der Waals surface area contributed by atoms with Crippen molar-refractivity contribution >= 4 is 17.7 Å². The molecule has 132 valence electrons. The fourth-order valence-corrected chi connectivity index (χ4v) is 2.22. The molecule has 0 saturated carbocycles. The lowest BCUT2D eigenvalue weighted by Gasteiger charge is -2.23. The second kappa shape index (κ2) is 7.83. The topological polar surface area (TPSA) is 67.4 Å². The number of hydrogen-bond donors (Lipinski definition) is 2. The molecule has 2 N–H and O–H groups in total. The van der Waals surface area contributed by atoms with Crippen LogP contribution < -0.4 is 10.6 Å². The van der Waals surface area contributed by atoms with Gasteiger partial charge in [0.2, 0.25) is 0 Å². The number of hydrogen-bond acceptors (Lipinski definition) is 3. The Hall–Kier alpha value is -2.82. The van der Waals surface area contributed by atoms with E-state index in [9.17, 15) is 9.59 Å². The molecule has 2 amide bonds. The van der Waals surface area contributed by atoms with Gasteiger partial charge in [-0.05, 0) is 45.4 Å². The third kappa shape index (κ3) is 5.95. The van der Waals surface area contributed by atoms with E-state index in [1.54, 1.807) is 32.9 Å². The monoisotopic (exact) mass is 340 g/mol. The van der Waals surface area contributed by atoms with E-state index in [4.69, 9.17) is 4.74 Å². The van der Waals surface area contributed by atoms with E-state index >= 15 is 0 Å². The zero-order chi connectivity index (χ0) is 18.4. The number of rotatable bonds is 4. The molecule has 0 aliphatic heterocycles. The summed E-state index contributed by atoms with van der Waals surface area (Å²) in [6, 6.07) is 15.7. The summed E-state index contributed by atoms with van der Waals surface area (Å²) in [4.78, 5) is 24.8. The van der Waals surface area contributed by atoms with Crippen LogP contribution in [0.4, 0.5) is 10.5 Å². The molecular formula is C20H24N2O3. The fraction of sp³-hybridized carbons (Fsp3) is 0.300. The van der Waals surface area contributed by atoms with Crippen LogP contribution in [-0.2, 0) is 9.53 Å². The van der Waals surface area contributed by atoms with E-state index in [-0.39, 0.29) is 5.91 Å². The van der Waals surface area contributed by atoms with Gasteiger partial charge in [-0.2, -0.15) is 0 Å². The fourth-order valence-electron chi connectivity index (χ4n) is 2.22. The lowest BCUT2D eigenvalue weighted by atomic mass is 10.1. The maximum Gasteiger partial charge on any atom is 0.408 e. The summed E-state index contributed by atoms with van der Waals surface area (Å²) in [5.74, 6) is -0.332. The Morgan fingerprint density at radius 2 is 1.56 bits per heavy atom. The van der Waals surface area contributed by atoms with Gasteiger partial charge in [-0.3, -0.25) is 4.79 Å². The summed E-state index contributed by atoms with van der Waals surface area (Å²) in [6.45, 7) is 7.30. The van der Waals surface area contributed by atoms with Gasteiger partial charge in [-0.1, -0.05) is 48.0 Å². The van der Waals surface area contributed by atoms with Crippen LogP contribution in [0.1, 0.15) is 37.9 Å². The predicted octanol–water partition coefficient (Wildman–Crippen LogP) is 4.20.